The van der Waals surface area contributed by atoms with Gasteiger partial charge in [0.15, 0.2) is 0 Å². The Morgan fingerprint density at radius 1 is 0.773 bits per heavy atom. The van der Waals surface area contributed by atoms with Crippen molar-refractivity contribution < 1.29 is 29.3 Å². The molecule has 4 aromatic carbocycles. The summed E-state index contributed by atoms with van der Waals surface area (Å²) in [6.45, 7) is 1.14. The number of carbonyl (C=O) groups is 3. The van der Waals surface area contributed by atoms with Crippen molar-refractivity contribution in [3.63, 3.8) is 0 Å². The van der Waals surface area contributed by atoms with Crippen LogP contribution in [0, 0.1) is 0 Å². The molecule has 0 aliphatic heterocycles. The molecule has 0 aliphatic carbocycles. The van der Waals surface area contributed by atoms with Gasteiger partial charge in [0.05, 0.1) is 13.5 Å². The second-order valence-corrected chi connectivity index (χ2v) is 9.41. The molecule has 234 valence electrons. The Hall–Kier alpha value is -4.83. The first-order valence-electron chi connectivity index (χ1n) is 14.1. The van der Waals surface area contributed by atoms with Gasteiger partial charge in [-0.15, -0.1) is 0 Å². The van der Waals surface area contributed by atoms with Crippen LogP contribution in [0.25, 0.3) is 11.1 Å². The number of para-hydroxylation sites is 1. The third kappa shape index (κ3) is 16.0. The number of hydrogen-bond donors (Lipinski definition) is 5. The first kappa shape index (κ1) is 37.2. The van der Waals surface area contributed by atoms with E-state index in [1.165, 1.54) is 5.56 Å². The molecular weight excluding hydrogens is 558 g/mol. The Bertz CT molecular complexity index is 1330. The van der Waals surface area contributed by atoms with Crippen LogP contribution in [0.2, 0.25) is 0 Å². The highest BCUT2D eigenvalue weighted by atomic mass is 16.5. The summed E-state index contributed by atoms with van der Waals surface area (Å²) in [5.74, 6) is -0.853. The molecule has 0 amide bonds. The molecule has 0 saturated heterocycles. The Kier molecular flexibility index (Phi) is 19.2. The van der Waals surface area contributed by atoms with Crippen molar-refractivity contribution >= 4 is 18.2 Å². The molecule has 1 unspecified atom stereocenters. The first-order chi connectivity index (χ1) is 21.2. The highest BCUT2D eigenvalue weighted by Crippen LogP contribution is 2.18. The van der Waals surface area contributed by atoms with Crippen molar-refractivity contribution in [1.82, 2.24) is 0 Å². The Morgan fingerprint density at radius 2 is 1.32 bits per heavy atom. The van der Waals surface area contributed by atoms with E-state index >= 15 is 0 Å². The van der Waals surface area contributed by atoms with E-state index in [9.17, 15) is 14.4 Å². The molecule has 0 radical (unpaired) electrons. The van der Waals surface area contributed by atoms with Gasteiger partial charge in [0, 0.05) is 17.7 Å². The Labute approximate surface area is 259 Å². The van der Waals surface area contributed by atoms with Crippen molar-refractivity contribution in [3.8, 4) is 16.9 Å². The SMILES string of the molecule is COc1ccccc1CN.NCCCCC(N)C(=O)O.O=C(O)Cc1ccccc1.O=Cc1ccc(-c2ccccc2)cc1. The van der Waals surface area contributed by atoms with E-state index in [4.69, 9.17) is 32.2 Å². The Balaban J connectivity index is 0.000000298. The Morgan fingerprint density at radius 3 is 1.80 bits per heavy atom. The number of methoxy groups -OCH3 is 1. The van der Waals surface area contributed by atoms with Crippen LogP contribution in [0.4, 0.5) is 0 Å². The second kappa shape index (κ2) is 22.7. The molecule has 0 aromatic heterocycles. The molecule has 0 bridgehead atoms. The molecular formula is C35H43N3O6. The number of unbranched alkanes of at least 4 members (excludes halogenated alkanes) is 1. The number of nitrogens with two attached hydrogens (primary N) is 3. The molecule has 44 heavy (non-hydrogen) atoms. The van der Waals surface area contributed by atoms with Crippen LogP contribution in [0.5, 0.6) is 5.75 Å². The lowest BCUT2D eigenvalue weighted by Crippen LogP contribution is -2.29. The van der Waals surface area contributed by atoms with Crippen molar-refractivity contribution in [3.05, 3.63) is 126 Å². The molecule has 0 fully saturated rings. The van der Waals surface area contributed by atoms with Gasteiger partial charge >= 0.3 is 11.9 Å². The van der Waals surface area contributed by atoms with Gasteiger partial charge in [-0.3, -0.25) is 14.4 Å². The summed E-state index contributed by atoms with van der Waals surface area (Å²) < 4.78 is 5.06. The van der Waals surface area contributed by atoms with E-state index in [1.807, 2.05) is 84.9 Å². The first-order valence-corrected chi connectivity index (χ1v) is 14.1. The average molecular weight is 602 g/mol. The van der Waals surface area contributed by atoms with Crippen molar-refractivity contribution in [2.24, 2.45) is 17.2 Å². The second-order valence-electron chi connectivity index (χ2n) is 9.41. The number of aliphatic carboxylic acids is 2. The maximum absolute atomic E-state index is 10.5. The van der Waals surface area contributed by atoms with Gasteiger partial charge in [0.1, 0.15) is 18.1 Å². The van der Waals surface area contributed by atoms with Crippen molar-refractivity contribution in [2.45, 2.75) is 38.3 Å². The van der Waals surface area contributed by atoms with Gasteiger partial charge in [-0.2, -0.15) is 0 Å². The number of carboxylic acid groups (broad SMARTS) is 2. The van der Waals surface area contributed by atoms with E-state index < -0.39 is 18.0 Å². The standard InChI is InChI=1S/C13H10O.C8H11NO.C8H8O2.C6H14N2O2/c14-10-11-6-8-13(9-7-11)12-4-2-1-3-5-12;1-10-8-5-3-2-4-7(8)6-9;9-8(10)6-7-4-2-1-3-5-7;7-4-2-1-3-5(8)6(9)10/h1-10H;2-5H,6,9H2,1H3;1-5H,6H2,(H,9,10);5H,1-4,7-8H2,(H,9,10). The smallest absolute Gasteiger partial charge is 0.320 e. The third-order valence-corrected chi connectivity index (χ3v) is 6.05. The zero-order chi connectivity index (χ0) is 32.6. The van der Waals surface area contributed by atoms with Crippen LogP contribution in [0.3, 0.4) is 0 Å². The van der Waals surface area contributed by atoms with Gasteiger partial charge in [-0.25, -0.2) is 0 Å². The molecule has 4 rings (SSSR count). The van der Waals surface area contributed by atoms with Gasteiger partial charge in [-0.1, -0.05) is 110 Å². The fraction of sp³-hybridized carbons (Fsp3) is 0.229. The van der Waals surface area contributed by atoms with E-state index in [1.54, 1.807) is 19.2 Å². The lowest BCUT2D eigenvalue weighted by atomic mass is 10.0. The van der Waals surface area contributed by atoms with Gasteiger partial charge < -0.3 is 32.2 Å². The van der Waals surface area contributed by atoms with Crippen LogP contribution in [-0.2, 0) is 22.6 Å². The summed E-state index contributed by atoms with van der Waals surface area (Å²) in [5, 5.41) is 16.7. The summed E-state index contributed by atoms with van der Waals surface area (Å²) in [6.07, 6.45) is 3.13. The third-order valence-electron chi connectivity index (χ3n) is 6.05. The van der Waals surface area contributed by atoms with E-state index in [0.717, 1.165) is 41.6 Å². The quantitative estimate of drug-likeness (QED) is 0.115. The number of ether oxygens (including phenoxy) is 1. The molecule has 0 aliphatic rings. The normalized spacial score (nSPS) is 10.3. The largest absolute Gasteiger partial charge is 0.496 e. The van der Waals surface area contributed by atoms with Crippen LogP contribution >= 0.6 is 0 Å². The molecule has 9 heteroatoms. The number of hydrogen-bond acceptors (Lipinski definition) is 7. The molecule has 4 aromatic rings. The van der Waals surface area contributed by atoms with Gasteiger partial charge in [-0.05, 0) is 42.1 Å². The average Bonchev–Trinajstić information content (AvgIpc) is 3.06. The van der Waals surface area contributed by atoms with Crippen LogP contribution < -0.4 is 21.9 Å². The lowest BCUT2D eigenvalue weighted by molar-refractivity contribution is -0.139. The topological polar surface area (TPSA) is 179 Å². The van der Waals surface area contributed by atoms with Gasteiger partial charge in [0.25, 0.3) is 0 Å². The van der Waals surface area contributed by atoms with Crippen molar-refractivity contribution in [1.29, 1.82) is 0 Å². The minimum absolute atomic E-state index is 0.112. The molecule has 0 saturated carbocycles. The molecule has 9 nitrogen and oxygen atoms in total. The van der Waals surface area contributed by atoms with Crippen LogP contribution in [0.1, 0.15) is 40.7 Å². The summed E-state index contributed by atoms with van der Waals surface area (Å²) in [6, 6.07) is 33.8. The number of carboxylic acids is 2. The molecule has 1 atom stereocenters. The fourth-order valence-electron chi connectivity index (χ4n) is 3.66. The van der Waals surface area contributed by atoms with E-state index in [0.29, 0.717) is 25.1 Å². The molecule has 0 spiro atoms. The summed E-state index contributed by atoms with van der Waals surface area (Å²) >= 11 is 0. The number of aldehydes is 1. The zero-order valence-corrected chi connectivity index (χ0v) is 25.0. The summed E-state index contributed by atoms with van der Waals surface area (Å²) in [4.78, 5) is 30.8. The van der Waals surface area contributed by atoms with Crippen molar-refractivity contribution in [2.75, 3.05) is 13.7 Å². The monoisotopic (exact) mass is 601 g/mol. The fourth-order valence-corrected chi connectivity index (χ4v) is 3.66. The maximum atomic E-state index is 10.5. The lowest BCUT2D eigenvalue weighted by Gasteiger charge is -2.03. The summed E-state index contributed by atoms with van der Waals surface area (Å²) in [5.41, 5.74) is 20.8. The predicted octanol–water partition coefficient (Wildman–Crippen LogP) is 5.16. The van der Waals surface area contributed by atoms with Gasteiger partial charge in [0.2, 0.25) is 0 Å². The highest BCUT2D eigenvalue weighted by Gasteiger charge is 2.09. The van der Waals surface area contributed by atoms with E-state index in [2.05, 4.69) is 12.1 Å². The summed E-state index contributed by atoms with van der Waals surface area (Å²) in [7, 11) is 1.65. The number of carbonyl (C=O) groups excluding carboxylic acids is 1. The van der Waals surface area contributed by atoms with Crippen LogP contribution in [0.15, 0.2) is 109 Å². The maximum Gasteiger partial charge on any atom is 0.320 e. The minimum Gasteiger partial charge on any atom is -0.496 e. The molecule has 0 heterocycles. The van der Waals surface area contributed by atoms with E-state index in [-0.39, 0.29) is 6.42 Å². The predicted molar refractivity (Wildman–Crippen MR) is 174 cm³/mol. The minimum atomic E-state index is -0.933. The number of benzene rings is 4. The van der Waals surface area contributed by atoms with Crippen LogP contribution in [-0.4, -0.2) is 48.1 Å². The highest BCUT2D eigenvalue weighted by molar-refractivity contribution is 5.77. The zero-order valence-electron chi connectivity index (χ0n) is 25.0. The number of rotatable bonds is 11. The molecule has 8 N–H and O–H groups in total.